The highest BCUT2D eigenvalue weighted by molar-refractivity contribution is 6.01. The number of rotatable bonds is 4. The highest BCUT2D eigenvalue weighted by atomic mass is 16.2. The molecule has 1 saturated carbocycles. The Morgan fingerprint density at radius 1 is 0.704 bits per heavy atom. The zero-order chi connectivity index (χ0) is 19.0. The van der Waals surface area contributed by atoms with E-state index in [-0.39, 0.29) is 35.5 Å². The molecule has 2 amide bonds. The van der Waals surface area contributed by atoms with Crippen LogP contribution in [0.5, 0.6) is 0 Å². The topological polar surface area (TPSA) is 58.2 Å². The van der Waals surface area contributed by atoms with Gasteiger partial charge in [-0.05, 0) is 56.4 Å². The van der Waals surface area contributed by atoms with Gasteiger partial charge in [0.15, 0.2) is 0 Å². The van der Waals surface area contributed by atoms with E-state index in [0.717, 1.165) is 28.9 Å². The molecule has 2 aromatic rings. The maximum atomic E-state index is 13.0. The van der Waals surface area contributed by atoms with Crippen molar-refractivity contribution >= 4 is 23.2 Å². The number of fused-ring (bicyclic) bond motifs is 2. The van der Waals surface area contributed by atoms with E-state index >= 15 is 0 Å². The number of aryl methyl sites for hydroxylation is 2. The fraction of sp³-hybridized carbons (Fsp3) is 0.304. The molecule has 2 aliphatic rings. The summed E-state index contributed by atoms with van der Waals surface area (Å²) in [5.74, 6) is -0.526. The molecular weight excluding hydrogens is 336 g/mol. The second-order valence-corrected chi connectivity index (χ2v) is 7.71. The lowest BCUT2D eigenvalue weighted by Crippen LogP contribution is -2.39. The average Bonchev–Trinajstić information content (AvgIpc) is 3.27. The lowest BCUT2D eigenvalue weighted by atomic mass is 9.81. The first-order valence-electron chi connectivity index (χ1n) is 9.44. The highest BCUT2D eigenvalue weighted by Gasteiger charge is 2.51. The summed E-state index contributed by atoms with van der Waals surface area (Å²) in [4.78, 5) is 26.0. The van der Waals surface area contributed by atoms with Gasteiger partial charge in [0.05, 0.1) is 11.8 Å². The van der Waals surface area contributed by atoms with Crippen LogP contribution in [0.2, 0.25) is 0 Å². The van der Waals surface area contributed by atoms with E-state index < -0.39 is 0 Å². The molecule has 27 heavy (non-hydrogen) atoms. The number of allylic oxidation sites excluding steroid dienone is 2. The first-order chi connectivity index (χ1) is 13.0. The SMILES string of the molecule is Cc1ccc(NC(=O)[C@H]2[C@H](C(=O)Nc3ccc(C)cc3)[C@H]3C=C[C@H]2C3)cc1. The largest absolute Gasteiger partial charge is 0.326 e. The van der Waals surface area contributed by atoms with Crippen molar-refractivity contribution in [1.82, 2.24) is 0 Å². The fourth-order valence-corrected chi connectivity index (χ4v) is 4.26. The summed E-state index contributed by atoms with van der Waals surface area (Å²) in [6.07, 6.45) is 5.07. The number of hydrogen-bond acceptors (Lipinski definition) is 2. The van der Waals surface area contributed by atoms with E-state index in [2.05, 4.69) is 22.8 Å². The monoisotopic (exact) mass is 360 g/mol. The number of hydrogen-bond donors (Lipinski definition) is 2. The molecule has 0 spiro atoms. The Balaban J connectivity index is 1.51. The second-order valence-electron chi connectivity index (χ2n) is 7.71. The third-order valence-corrected chi connectivity index (χ3v) is 5.70. The minimum absolute atomic E-state index is 0.0697. The lowest BCUT2D eigenvalue weighted by molar-refractivity contribution is -0.129. The Hall–Kier alpha value is -2.88. The van der Waals surface area contributed by atoms with Crippen LogP contribution in [0, 0.1) is 37.5 Å². The third kappa shape index (κ3) is 3.52. The van der Waals surface area contributed by atoms with E-state index in [0.29, 0.717) is 0 Å². The first kappa shape index (κ1) is 17.5. The lowest BCUT2D eigenvalue weighted by Gasteiger charge is -2.26. The van der Waals surface area contributed by atoms with Gasteiger partial charge in [-0.1, -0.05) is 47.5 Å². The van der Waals surface area contributed by atoms with Crippen LogP contribution in [0.25, 0.3) is 0 Å². The summed E-state index contributed by atoms with van der Waals surface area (Å²) in [5.41, 5.74) is 3.84. The average molecular weight is 360 g/mol. The minimum atomic E-state index is -0.327. The van der Waals surface area contributed by atoms with Gasteiger partial charge in [-0.25, -0.2) is 0 Å². The molecule has 138 valence electrons. The summed E-state index contributed by atoms with van der Waals surface area (Å²) < 4.78 is 0. The van der Waals surface area contributed by atoms with Gasteiger partial charge in [-0.15, -0.1) is 0 Å². The zero-order valence-corrected chi connectivity index (χ0v) is 15.6. The van der Waals surface area contributed by atoms with Crippen LogP contribution in [0.4, 0.5) is 11.4 Å². The van der Waals surface area contributed by atoms with Gasteiger partial charge in [0.25, 0.3) is 0 Å². The summed E-state index contributed by atoms with van der Waals surface area (Å²) >= 11 is 0. The van der Waals surface area contributed by atoms with Crippen LogP contribution >= 0.6 is 0 Å². The van der Waals surface area contributed by atoms with Gasteiger partial charge < -0.3 is 10.6 Å². The smallest absolute Gasteiger partial charge is 0.228 e. The second kappa shape index (κ2) is 7.03. The summed E-state index contributed by atoms with van der Waals surface area (Å²) in [6.45, 7) is 4.02. The van der Waals surface area contributed by atoms with Crippen molar-refractivity contribution in [3.05, 3.63) is 71.8 Å². The molecule has 2 aliphatic carbocycles. The predicted octanol–water partition coefficient (Wildman–Crippen LogP) is 4.32. The van der Waals surface area contributed by atoms with Gasteiger partial charge >= 0.3 is 0 Å². The Bertz CT molecular complexity index is 810. The third-order valence-electron chi connectivity index (χ3n) is 5.70. The van der Waals surface area contributed by atoms with Gasteiger partial charge in [0.1, 0.15) is 0 Å². The number of amides is 2. The van der Waals surface area contributed by atoms with Gasteiger partial charge in [0, 0.05) is 11.4 Å². The van der Waals surface area contributed by atoms with Gasteiger partial charge in [-0.3, -0.25) is 9.59 Å². The predicted molar refractivity (Wildman–Crippen MR) is 107 cm³/mol. The summed E-state index contributed by atoms with van der Waals surface area (Å²) in [7, 11) is 0. The summed E-state index contributed by atoms with van der Waals surface area (Å²) in [6, 6.07) is 15.5. The molecule has 2 N–H and O–H groups in total. The molecule has 0 aliphatic heterocycles. The van der Waals surface area contributed by atoms with Crippen molar-refractivity contribution in [2.24, 2.45) is 23.7 Å². The Labute approximate surface area is 159 Å². The van der Waals surface area contributed by atoms with Crippen LogP contribution in [-0.4, -0.2) is 11.8 Å². The molecule has 2 bridgehead atoms. The van der Waals surface area contributed by atoms with Crippen LogP contribution < -0.4 is 10.6 Å². The molecule has 4 rings (SSSR count). The number of nitrogens with one attached hydrogen (secondary N) is 2. The Kier molecular flexibility index (Phi) is 4.56. The quantitative estimate of drug-likeness (QED) is 0.798. The van der Waals surface area contributed by atoms with E-state index in [1.165, 1.54) is 0 Å². The van der Waals surface area contributed by atoms with Crippen LogP contribution in [0.3, 0.4) is 0 Å². The van der Waals surface area contributed by atoms with E-state index in [9.17, 15) is 9.59 Å². The van der Waals surface area contributed by atoms with Crippen LogP contribution in [0.1, 0.15) is 17.5 Å². The van der Waals surface area contributed by atoms with Crippen molar-refractivity contribution in [2.45, 2.75) is 20.3 Å². The number of carbonyl (C=O) groups is 2. The highest BCUT2D eigenvalue weighted by Crippen LogP contribution is 2.48. The first-order valence-corrected chi connectivity index (χ1v) is 9.44. The summed E-state index contributed by atoms with van der Waals surface area (Å²) in [5, 5.41) is 6.00. The molecule has 4 heteroatoms. The molecule has 0 radical (unpaired) electrons. The van der Waals surface area contributed by atoms with E-state index in [1.54, 1.807) is 0 Å². The molecule has 4 atom stereocenters. The molecule has 1 fully saturated rings. The van der Waals surface area contributed by atoms with Gasteiger partial charge in [0.2, 0.25) is 11.8 Å². The molecule has 0 aromatic heterocycles. The number of anilines is 2. The maximum absolute atomic E-state index is 13.0. The zero-order valence-electron chi connectivity index (χ0n) is 15.6. The maximum Gasteiger partial charge on any atom is 0.228 e. The fourth-order valence-electron chi connectivity index (χ4n) is 4.26. The molecule has 2 aromatic carbocycles. The van der Waals surface area contributed by atoms with Crippen molar-refractivity contribution in [3.63, 3.8) is 0 Å². The van der Waals surface area contributed by atoms with E-state index in [1.807, 2.05) is 62.4 Å². The minimum Gasteiger partial charge on any atom is -0.326 e. The number of carbonyl (C=O) groups excluding carboxylic acids is 2. The standard InChI is InChI=1S/C23H24N2O2/c1-14-3-9-18(10-4-14)24-22(26)20-16-7-8-17(13-16)21(20)23(27)25-19-11-5-15(2)6-12-19/h3-12,16-17,20-21H,13H2,1-2H3,(H,24,26)(H,25,27)/t16-,17-,20+,21+/m0/s1. The van der Waals surface area contributed by atoms with Crippen molar-refractivity contribution < 1.29 is 9.59 Å². The molecule has 0 heterocycles. The van der Waals surface area contributed by atoms with Crippen LogP contribution in [-0.2, 0) is 9.59 Å². The van der Waals surface area contributed by atoms with Crippen LogP contribution in [0.15, 0.2) is 60.7 Å². The molecule has 4 nitrogen and oxygen atoms in total. The normalized spacial score (nSPS) is 25.4. The van der Waals surface area contributed by atoms with Crippen molar-refractivity contribution in [3.8, 4) is 0 Å². The Morgan fingerprint density at radius 3 is 1.44 bits per heavy atom. The molecule has 0 saturated heterocycles. The molecule has 0 unspecified atom stereocenters. The van der Waals surface area contributed by atoms with Crippen molar-refractivity contribution in [1.29, 1.82) is 0 Å². The van der Waals surface area contributed by atoms with E-state index in [4.69, 9.17) is 0 Å². The van der Waals surface area contributed by atoms with Crippen molar-refractivity contribution in [2.75, 3.05) is 10.6 Å². The Morgan fingerprint density at radius 2 is 1.07 bits per heavy atom. The number of benzene rings is 2. The molecular formula is C23H24N2O2. The van der Waals surface area contributed by atoms with Gasteiger partial charge in [-0.2, -0.15) is 0 Å².